The second-order valence-corrected chi connectivity index (χ2v) is 9.87. The lowest BCUT2D eigenvalue weighted by Crippen LogP contribution is -2.53. The standard InChI is InChI=1S/C30H31N3O4.HI/c31-18-23-11-10-22(17-26(23)20-8-9-20)29(35)33-16-4-7-25(19-5-2-1-3-6-19)27(33)28(34)32-24-14-12-21(13-15-24)30(36)37;/h1-3,5-6,10-15,17,20,25,27H,4,7-9,16,18,31H2,(H,32,34)(H,36,37);1H. The number of amides is 2. The molecule has 2 atom stereocenters. The van der Waals surface area contributed by atoms with Gasteiger partial charge in [0.1, 0.15) is 6.04 Å². The fourth-order valence-electron chi connectivity index (χ4n) is 5.36. The second kappa shape index (κ2) is 12.1. The molecule has 2 aliphatic rings. The van der Waals surface area contributed by atoms with Gasteiger partial charge in [0.15, 0.2) is 0 Å². The molecule has 8 heteroatoms. The molecule has 38 heavy (non-hydrogen) atoms. The minimum Gasteiger partial charge on any atom is -0.478 e. The van der Waals surface area contributed by atoms with E-state index in [1.54, 1.807) is 17.0 Å². The lowest BCUT2D eigenvalue weighted by molar-refractivity contribution is -0.122. The highest BCUT2D eigenvalue weighted by Gasteiger charge is 2.40. The fourth-order valence-corrected chi connectivity index (χ4v) is 5.36. The summed E-state index contributed by atoms with van der Waals surface area (Å²) in [5, 5.41) is 12.1. The number of hydrogen-bond donors (Lipinski definition) is 3. The summed E-state index contributed by atoms with van der Waals surface area (Å²) in [7, 11) is 0. The molecule has 2 fully saturated rings. The summed E-state index contributed by atoms with van der Waals surface area (Å²) in [6.45, 7) is 0.918. The van der Waals surface area contributed by atoms with Crippen molar-refractivity contribution in [2.75, 3.05) is 11.9 Å². The Labute approximate surface area is 239 Å². The molecule has 1 heterocycles. The quantitative estimate of drug-likeness (QED) is 0.306. The number of piperidine rings is 1. The number of benzene rings is 3. The van der Waals surface area contributed by atoms with Gasteiger partial charge in [-0.05, 0) is 84.7 Å². The zero-order chi connectivity index (χ0) is 25.9. The summed E-state index contributed by atoms with van der Waals surface area (Å²) in [5.74, 6) is -1.18. The lowest BCUT2D eigenvalue weighted by Gasteiger charge is -2.40. The minimum absolute atomic E-state index is 0. The maximum absolute atomic E-state index is 13.9. The first kappa shape index (κ1) is 27.8. The van der Waals surface area contributed by atoms with E-state index in [0.717, 1.165) is 42.4 Å². The van der Waals surface area contributed by atoms with Crippen molar-refractivity contribution in [2.24, 2.45) is 5.73 Å². The minimum atomic E-state index is -1.03. The normalized spacial score (nSPS) is 18.8. The third kappa shape index (κ3) is 5.91. The molecule has 7 nitrogen and oxygen atoms in total. The number of nitrogens with zero attached hydrogens (tertiary/aromatic N) is 1. The first-order chi connectivity index (χ1) is 18.0. The van der Waals surface area contributed by atoms with Crippen molar-refractivity contribution in [3.63, 3.8) is 0 Å². The number of hydrogen-bond acceptors (Lipinski definition) is 4. The summed E-state index contributed by atoms with van der Waals surface area (Å²) in [6.07, 6.45) is 3.79. The topological polar surface area (TPSA) is 113 Å². The zero-order valence-corrected chi connectivity index (χ0v) is 23.3. The van der Waals surface area contributed by atoms with Crippen LogP contribution in [0, 0.1) is 0 Å². The molecule has 1 saturated heterocycles. The summed E-state index contributed by atoms with van der Waals surface area (Å²) < 4.78 is 0. The van der Waals surface area contributed by atoms with Crippen LogP contribution in [0.15, 0.2) is 72.8 Å². The zero-order valence-electron chi connectivity index (χ0n) is 21.0. The molecule has 1 aliphatic carbocycles. The van der Waals surface area contributed by atoms with Crippen molar-refractivity contribution in [1.82, 2.24) is 4.90 Å². The third-order valence-corrected chi connectivity index (χ3v) is 7.42. The Hall–Kier alpha value is -3.24. The van der Waals surface area contributed by atoms with Gasteiger partial charge in [-0.2, -0.15) is 0 Å². The molecule has 2 amide bonds. The molecule has 0 radical (unpaired) electrons. The van der Waals surface area contributed by atoms with Gasteiger partial charge < -0.3 is 21.1 Å². The summed E-state index contributed by atoms with van der Waals surface area (Å²) >= 11 is 0. The van der Waals surface area contributed by atoms with Gasteiger partial charge >= 0.3 is 5.97 Å². The number of anilines is 1. The predicted molar refractivity (Wildman–Crippen MR) is 157 cm³/mol. The molecule has 198 valence electrons. The van der Waals surface area contributed by atoms with Gasteiger partial charge in [-0.15, -0.1) is 24.0 Å². The molecule has 2 unspecified atom stereocenters. The number of nitrogens with two attached hydrogens (primary N) is 1. The SMILES string of the molecule is I.NCc1ccc(C(=O)N2CCCC(c3ccccc3)C2C(=O)Nc2ccc(C(=O)O)cc2)cc1C1CC1. The highest BCUT2D eigenvalue weighted by Crippen LogP contribution is 2.42. The van der Waals surface area contributed by atoms with Gasteiger partial charge in [0.25, 0.3) is 5.91 Å². The molecule has 0 spiro atoms. The average Bonchev–Trinajstić information content (AvgIpc) is 3.78. The first-order valence-electron chi connectivity index (χ1n) is 12.8. The third-order valence-electron chi connectivity index (χ3n) is 7.42. The van der Waals surface area contributed by atoms with E-state index in [0.29, 0.717) is 30.3 Å². The van der Waals surface area contributed by atoms with Gasteiger partial charge in [0.05, 0.1) is 5.56 Å². The number of halogens is 1. The number of carbonyl (C=O) groups is 3. The number of aromatic carboxylic acids is 1. The number of carboxylic acid groups (broad SMARTS) is 1. The van der Waals surface area contributed by atoms with E-state index in [2.05, 4.69) is 5.32 Å². The summed E-state index contributed by atoms with van der Waals surface area (Å²) in [6, 6.07) is 20.9. The molecule has 5 rings (SSSR count). The van der Waals surface area contributed by atoms with Crippen LogP contribution >= 0.6 is 24.0 Å². The maximum atomic E-state index is 13.9. The monoisotopic (exact) mass is 625 g/mol. The first-order valence-corrected chi connectivity index (χ1v) is 12.8. The summed E-state index contributed by atoms with van der Waals surface area (Å²) in [5.41, 5.74) is 10.4. The van der Waals surface area contributed by atoms with Gasteiger partial charge in [-0.1, -0.05) is 36.4 Å². The molecule has 0 bridgehead atoms. The van der Waals surface area contributed by atoms with Crippen LogP contribution in [0.2, 0.25) is 0 Å². The van der Waals surface area contributed by atoms with E-state index in [-0.39, 0.29) is 47.3 Å². The Balaban J connectivity index is 0.00000336. The highest BCUT2D eigenvalue weighted by molar-refractivity contribution is 14.0. The average molecular weight is 626 g/mol. The van der Waals surface area contributed by atoms with Crippen LogP contribution in [0.3, 0.4) is 0 Å². The molecule has 1 aliphatic heterocycles. The number of likely N-dealkylation sites (tertiary alicyclic amines) is 1. The Kier molecular flexibility index (Phi) is 8.83. The molecular weight excluding hydrogens is 593 g/mol. The highest BCUT2D eigenvalue weighted by atomic mass is 127. The van der Waals surface area contributed by atoms with Crippen molar-refractivity contribution < 1.29 is 19.5 Å². The Bertz CT molecular complexity index is 1310. The van der Waals surface area contributed by atoms with E-state index < -0.39 is 12.0 Å². The van der Waals surface area contributed by atoms with Crippen molar-refractivity contribution in [3.8, 4) is 0 Å². The maximum Gasteiger partial charge on any atom is 0.335 e. The van der Waals surface area contributed by atoms with Crippen LogP contribution in [-0.4, -0.2) is 40.4 Å². The van der Waals surface area contributed by atoms with Crippen molar-refractivity contribution in [2.45, 2.75) is 50.1 Å². The Morgan fingerprint density at radius 1 is 0.921 bits per heavy atom. The lowest BCUT2D eigenvalue weighted by atomic mass is 9.82. The largest absolute Gasteiger partial charge is 0.478 e. The van der Waals surface area contributed by atoms with Crippen molar-refractivity contribution >= 4 is 47.4 Å². The van der Waals surface area contributed by atoms with Crippen LogP contribution < -0.4 is 11.1 Å². The van der Waals surface area contributed by atoms with Gasteiger partial charge in [-0.25, -0.2) is 4.79 Å². The molecule has 3 aromatic carbocycles. The molecule has 0 aromatic heterocycles. The van der Waals surface area contributed by atoms with Crippen LogP contribution in [0.25, 0.3) is 0 Å². The van der Waals surface area contributed by atoms with Crippen molar-refractivity contribution in [3.05, 3.63) is 101 Å². The Morgan fingerprint density at radius 3 is 2.24 bits per heavy atom. The summed E-state index contributed by atoms with van der Waals surface area (Å²) in [4.78, 5) is 40.6. The van der Waals surface area contributed by atoms with E-state index in [9.17, 15) is 19.5 Å². The van der Waals surface area contributed by atoms with Crippen LogP contribution in [0.1, 0.15) is 74.9 Å². The molecule has 4 N–H and O–H groups in total. The number of carbonyl (C=O) groups excluding carboxylic acids is 2. The van der Waals surface area contributed by atoms with E-state index >= 15 is 0 Å². The number of rotatable bonds is 7. The van der Waals surface area contributed by atoms with Gasteiger partial charge in [-0.3, -0.25) is 9.59 Å². The van der Waals surface area contributed by atoms with Gasteiger partial charge in [0, 0.05) is 30.3 Å². The number of nitrogens with one attached hydrogen (secondary N) is 1. The van der Waals surface area contributed by atoms with E-state index in [1.807, 2.05) is 48.5 Å². The van der Waals surface area contributed by atoms with Crippen molar-refractivity contribution in [1.29, 1.82) is 0 Å². The number of carboxylic acids is 1. The molecular formula is C30H32IN3O4. The fraction of sp³-hybridized carbons (Fsp3) is 0.300. The van der Waals surface area contributed by atoms with Crippen LogP contribution in [-0.2, 0) is 11.3 Å². The van der Waals surface area contributed by atoms with E-state index in [1.165, 1.54) is 12.1 Å². The van der Waals surface area contributed by atoms with Crippen LogP contribution in [0.4, 0.5) is 5.69 Å². The smallest absolute Gasteiger partial charge is 0.335 e. The predicted octanol–water partition coefficient (Wildman–Crippen LogP) is 5.37. The molecule has 1 saturated carbocycles. The van der Waals surface area contributed by atoms with Crippen LogP contribution in [0.5, 0.6) is 0 Å². The van der Waals surface area contributed by atoms with E-state index in [4.69, 9.17) is 5.73 Å². The Morgan fingerprint density at radius 2 is 1.61 bits per heavy atom. The molecule has 3 aromatic rings. The van der Waals surface area contributed by atoms with Gasteiger partial charge in [0.2, 0.25) is 5.91 Å². The second-order valence-electron chi connectivity index (χ2n) is 9.87.